The van der Waals surface area contributed by atoms with Crippen molar-refractivity contribution in [1.29, 1.82) is 0 Å². The Morgan fingerprint density at radius 3 is 0.470 bits per heavy atom. The second-order valence-corrected chi connectivity index (χ2v) is 45.3. The molecule has 0 aliphatic rings. The van der Waals surface area contributed by atoms with Crippen LogP contribution in [0.4, 0.5) is 0 Å². The SMILES string of the molecule is CC(C)S.CC(C)S.CC(C)S.CC(C)S.CC(C)SC(CC(=O)O)C(=O)O.CC(C)SC(CC(=O)O)C(=O)O.CC(C)SC(CC(=O)[O-])C(=O)O.CC(C)SC(CC(=O)[O-])C(=O)O.CC(C)SSC(C)C.CC(C)SSC(C)C.O=C(O)/C=C\C(=O)O.O=C(O)/C=C\C(=O)O.O=C([O-])/C=C\C(=O)O.O=C([O-])/C=C\C(=O)O.[Ca+2].[Ca+2].[NH3+]CCOCCOCC[NH3+].[NH3+]CCOCCOCC[NH3+]. The minimum Gasteiger partial charge on any atom is -0.550 e. The third kappa shape index (κ3) is 267. The number of quaternary nitrogens is 4. The molecule has 0 fully saturated rings. The van der Waals surface area contributed by atoms with Crippen molar-refractivity contribution < 1.29 is 200 Å². The van der Waals surface area contributed by atoms with E-state index in [9.17, 15) is 97.1 Å². The van der Waals surface area contributed by atoms with E-state index in [-0.39, 0.29) is 109 Å². The molecule has 0 bridgehead atoms. The number of hydrogen-bond acceptors (Lipinski definition) is 36. The summed E-state index contributed by atoms with van der Waals surface area (Å²) in [5.41, 5.74) is 14.6. The van der Waals surface area contributed by atoms with E-state index in [0.29, 0.717) is 96.0 Å². The van der Waals surface area contributed by atoms with E-state index in [1.807, 2.05) is 154 Å². The van der Waals surface area contributed by atoms with Gasteiger partial charge in [-0.3, -0.25) is 28.8 Å². The third-order valence-corrected chi connectivity index (χ3v) is 20.5. The average Bonchev–Trinajstić information content (AvgIpc) is 0.957. The number of carboxylic acid groups (broad SMARTS) is 16. The first-order chi connectivity index (χ1) is 60.2. The Bertz CT molecular complexity index is 2550. The molecule has 0 saturated heterocycles. The molecule has 54 heteroatoms. The van der Waals surface area contributed by atoms with Crippen LogP contribution < -0.4 is 43.4 Å². The fraction of sp³-hybridized carbons (Fsp3) is 0.700. The molecule has 0 heterocycles. The van der Waals surface area contributed by atoms with Gasteiger partial charge in [0.1, 0.15) is 21.0 Å². The van der Waals surface area contributed by atoms with Crippen LogP contribution in [-0.4, -0.2) is 395 Å². The zero-order chi connectivity index (χ0) is 108. The molecule has 0 rings (SSSR count). The number of ether oxygens (including phenoxy) is 4. The Morgan fingerprint density at radius 1 is 0.254 bits per heavy atom. The summed E-state index contributed by atoms with van der Waals surface area (Å²) < 4.78 is 20.5. The predicted molar refractivity (Wildman–Crippen MR) is 546 cm³/mol. The fourth-order valence-corrected chi connectivity index (χ4v) is 12.4. The number of carbonyl (C=O) groups excluding carboxylic acids is 4. The minimum atomic E-state index is -1.51. The number of thioether (sulfide) groups is 4. The molecule has 40 nitrogen and oxygen atoms in total. The van der Waals surface area contributed by atoms with Crippen LogP contribution in [0, 0.1) is 0 Å². The molecule has 24 N–H and O–H groups in total. The maximum Gasteiger partial charge on any atom is 2.00 e. The molecule has 0 saturated carbocycles. The van der Waals surface area contributed by atoms with Gasteiger partial charge < -0.3 is 143 Å². The summed E-state index contributed by atoms with van der Waals surface area (Å²) in [4.78, 5) is 159. The quantitative estimate of drug-likeness (QED) is 0.0136. The van der Waals surface area contributed by atoms with Crippen molar-refractivity contribution in [2.24, 2.45) is 0 Å². The molecule has 0 aromatic rings. The van der Waals surface area contributed by atoms with Gasteiger partial charge in [0.15, 0.2) is 0 Å². The van der Waals surface area contributed by atoms with E-state index < -0.39 is 129 Å². The van der Waals surface area contributed by atoms with Gasteiger partial charge in [-0.25, -0.2) is 28.8 Å². The smallest absolute Gasteiger partial charge is 0.550 e. The summed E-state index contributed by atoms with van der Waals surface area (Å²) in [5, 5.41) is 139. The first kappa shape index (κ1) is 173. The molecule has 0 amide bonds. The number of carbonyl (C=O) groups is 16. The Morgan fingerprint density at radius 2 is 0.388 bits per heavy atom. The van der Waals surface area contributed by atoms with Crippen molar-refractivity contribution in [2.75, 3.05) is 79.0 Å². The van der Waals surface area contributed by atoms with Gasteiger partial charge in [-0.15, -0.1) is 47.0 Å². The molecule has 0 spiro atoms. The molecule has 0 aliphatic carbocycles. The van der Waals surface area contributed by atoms with Crippen molar-refractivity contribution in [3.05, 3.63) is 48.6 Å². The number of thiol groups is 4. The summed E-state index contributed by atoms with van der Waals surface area (Å²) in [5.74, 6) is -19.7. The fourth-order valence-electron chi connectivity index (χ4n) is 4.77. The second-order valence-electron chi connectivity index (χ2n) is 27.2. The van der Waals surface area contributed by atoms with Crippen LogP contribution in [0.15, 0.2) is 48.6 Å². The molecule has 4 unspecified atom stereocenters. The molecular formula is C80H156Ca2N4O36S12+4. The number of rotatable bonds is 48. The maximum absolute atomic E-state index is 10.5. The first-order valence-corrected chi connectivity index (χ1v) is 50.4. The van der Waals surface area contributed by atoms with Crippen LogP contribution in [-0.2, 0) is 95.7 Å². The van der Waals surface area contributed by atoms with Crippen LogP contribution in [0.25, 0.3) is 0 Å². The Hall–Kier alpha value is -3.12. The molecule has 134 heavy (non-hydrogen) atoms. The van der Waals surface area contributed by atoms with Gasteiger partial charge in [0.2, 0.25) is 0 Å². The van der Waals surface area contributed by atoms with Crippen molar-refractivity contribution >= 4 is 312 Å². The predicted octanol–water partition coefficient (Wildman–Crippen LogP) is 3.64. The zero-order valence-electron chi connectivity index (χ0n) is 81.6. The molecule has 0 aromatic heterocycles. The van der Waals surface area contributed by atoms with Crippen molar-refractivity contribution in [1.82, 2.24) is 0 Å². The van der Waals surface area contributed by atoms with Crippen molar-refractivity contribution in [3.63, 3.8) is 0 Å². The summed E-state index contributed by atoms with van der Waals surface area (Å²) in [6.07, 6.45) is 2.61. The number of hydrogen-bond donors (Lipinski definition) is 20. The van der Waals surface area contributed by atoms with Crippen molar-refractivity contribution in [3.8, 4) is 0 Å². The average molecular weight is 2220 g/mol. The van der Waals surface area contributed by atoms with Gasteiger partial charge in [0, 0.05) is 82.2 Å². The number of aliphatic carboxylic acids is 16. The van der Waals surface area contributed by atoms with E-state index >= 15 is 0 Å². The Kier molecular flexibility index (Phi) is 168. The summed E-state index contributed by atoms with van der Waals surface area (Å²) in [7, 11) is 7.82. The van der Waals surface area contributed by atoms with Crippen LogP contribution >= 0.6 is 141 Å². The molecule has 0 aromatic carbocycles. The number of carboxylic acids is 16. The summed E-state index contributed by atoms with van der Waals surface area (Å²) in [6, 6.07) is 0. The summed E-state index contributed by atoms with van der Waals surface area (Å²) >= 11 is 20.4. The van der Waals surface area contributed by atoms with Gasteiger partial charge in [-0.2, -0.15) is 50.5 Å². The van der Waals surface area contributed by atoms with Gasteiger partial charge in [0.05, 0.1) is 104 Å². The Labute approximate surface area is 906 Å². The minimum absolute atomic E-state index is 0. The van der Waals surface area contributed by atoms with E-state index in [0.717, 1.165) is 121 Å². The zero-order valence-corrected chi connectivity index (χ0v) is 96.2. The van der Waals surface area contributed by atoms with E-state index in [1.54, 1.807) is 0 Å². The maximum atomic E-state index is 10.5. The monoisotopic (exact) mass is 2210 g/mol. The Balaban J connectivity index is -0.0000000675. The second kappa shape index (κ2) is 130. The van der Waals surface area contributed by atoms with Crippen LogP contribution in [0.3, 0.4) is 0 Å². The molecule has 4 atom stereocenters. The topological polar surface area (TPSA) is 756 Å². The molecule has 0 radical (unpaired) electrons. The molecule has 0 aliphatic heterocycles. The van der Waals surface area contributed by atoms with E-state index in [4.69, 9.17) is 80.2 Å². The van der Waals surface area contributed by atoms with Crippen molar-refractivity contribution in [2.45, 2.75) is 276 Å². The normalized spacial score (nSPS) is 10.8. The first-order valence-electron chi connectivity index (χ1n) is 40.0. The molecule has 784 valence electrons. The van der Waals surface area contributed by atoms with E-state index in [1.165, 1.54) is 0 Å². The standard InChI is InChI=1S/4C7H12O4S.2C6H16N2O2.2C6H14S2.4C4H4O4.4C3H8S.2Ca/c4*1-4(2)12-5(7(10)11)3-6(8)9;2*7-1-3-9-5-6-10-4-2-8;2*1-5(2)7-8-6(3)4;4*5-3(6)1-2-4(7)8;4*1-3(2)4;;/h4*4-5H,3H2,1-2H3,(H,8,9)(H,10,11);2*1-8H2;2*5-6H,1-4H3;4*1-2H,(H,5,6)(H,7,8);4*3-4H,1-2H3;;/q;;;;;;;;;;;;;;;;2*+2/b;;;;;;;;4*2-1-;;;;;;. The van der Waals surface area contributed by atoms with Crippen LogP contribution in [0.2, 0.25) is 0 Å². The van der Waals surface area contributed by atoms with E-state index in [2.05, 4.69) is 129 Å². The van der Waals surface area contributed by atoms with Gasteiger partial charge >= 0.3 is 147 Å². The largest absolute Gasteiger partial charge is 2.00 e. The van der Waals surface area contributed by atoms with Gasteiger partial charge in [-0.1, -0.05) is 209 Å². The third-order valence-electron chi connectivity index (χ3n) is 8.51. The van der Waals surface area contributed by atoms with Gasteiger partial charge in [0.25, 0.3) is 0 Å². The summed E-state index contributed by atoms with van der Waals surface area (Å²) in [6.45, 7) is 57.6. The molecular weight excluding hydrogens is 2060 g/mol. The van der Waals surface area contributed by atoms with Gasteiger partial charge in [-0.05, 0) is 54.2 Å². The van der Waals surface area contributed by atoms with Crippen LogP contribution in [0.5, 0.6) is 0 Å². The van der Waals surface area contributed by atoms with Crippen LogP contribution in [0.1, 0.15) is 192 Å².